The van der Waals surface area contributed by atoms with E-state index in [2.05, 4.69) is 17.1 Å². The third kappa shape index (κ3) is 4.43. The Hall–Kier alpha value is -1.10. The molecule has 1 unspecified atom stereocenters. The number of nitrogens with one attached hydrogen (secondary N) is 1. The summed E-state index contributed by atoms with van der Waals surface area (Å²) in [6, 6.07) is 7.93. The highest BCUT2D eigenvalue weighted by Crippen LogP contribution is 2.26. The summed E-state index contributed by atoms with van der Waals surface area (Å²) in [5.74, 6) is 0.195. The average Bonchev–Trinajstić information content (AvgIpc) is 2.76. The first-order valence-electron chi connectivity index (χ1n) is 7.52. The van der Waals surface area contributed by atoms with Crippen molar-refractivity contribution < 1.29 is 4.79 Å². The molecule has 1 aromatic rings. The van der Waals surface area contributed by atoms with Crippen molar-refractivity contribution in [2.24, 2.45) is 0 Å². The molecule has 0 aromatic heterocycles. The average molecular weight is 310 g/mol. The number of hydrogen-bond donors (Lipinski definition) is 1. The first-order valence-corrected chi connectivity index (χ1v) is 7.90. The van der Waals surface area contributed by atoms with Crippen LogP contribution in [0.3, 0.4) is 0 Å². The van der Waals surface area contributed by atoms with Crippen LogP contribution in [0.4, 0.5) is 0 Å². The van der Waals surface area contributed by atoms with E-state index in [9.17, 15) is 4.79 Å². The van der Waals surface area contributed by atoms with Crippen molar-refractivity contribution in [2.75, 3.05) is 39.8 Å². The predicted molar refractivity (Wildman–Crippen MR) is 86.6 cm³/mol. The molecule has 5 heteroatoms. The number of amides is 1. The van der Waals surface area contributed by atoms with Gasteiger partial charge in [0.1, 0.15) is 0 Å². The Morgan fingerprint density at radius 1 is 1.38 bits per heavy atom. The van der Waals surface area contributed by atoms with Crippen molar-refractivity contribution in [1.82, 2.24) is 15.1 Å². The fraction of sp³-hybridized carbons (Fsp3) is 0.562. The number of halogens is 1. The van der Waals surface area contributed by atoms with Crippen LogP contribution < -0.4 is 5.32 Å². The number of hydrogen-bond acceptors (Lipinski definition) is 3. The Bertz CT molecular complexity index is 472. The Balaban J connectivity index is 1.95. The molecule has 1 aliphatic rings. The largest absolute Gasteiger partial charge is 0.340 e. The summed E-state index contributed by atoms with van der Waals surface area (Å²) in [4.78, 5) is 16.4. The number of nitrogens with zero attached hydrogens (tertiary/aromatic N) is 2. The topological polar surface area (TPSA) is 35.6 Å². The summed E-state index contributed by atoms with van der Waals surface area (Å²) in [6.07, 6.45) is 1.02. The molecule has 1 N–H and O–H groups in total. The number of likely N-dealkylation sites (N-methyl/N-ethyl adjacent to an activating group) is 1. The molecule has 1 amide bonds. The first kappa shape index (κ1) is 16.3. The SMILES string of the molecule is CC(c1ccccc1Cl)N(C)CC(=O)N1CCCNCC1. The summed E-state index contributed by atoms with van der Waals surface area (Å²) in [5, 5.41) is 4.07. The molecule has 1 fully saturated rings. The second-order valence-corrected chi connectivity index (χ2v) is 6.00. The van der Waals surface area contributed by atoms with Gasteiger partial charge in [-0.15, -0.1) is 0 Å². The van der Waals surface area contributed by atoms with Gasteiger partial charge in [-0.3, -0.25) is 9.69 Å². The van der Waals surface area contributed by atoms with Gasteiger partial charge in [0.2, 0.25) is 5.91 Å². The monoisotopic (exact) mass is 309 g/mol. The molecule has 2 rings (SSSR count). The molecule has 1 atom stereocenters. The first-order chi connectivity index (χ1) is 10.1. The van der Waals surface area contributed by atoms with Crippen LogP contribution in [0.15, 0.2) is 24.3 Å². The normalized spacial score (nSPS) is 17.6. The minimum atomic E-state index is 0.118. The van der Waals surface area contributed by atoms with Gasteiger partial charge >= 0.3 is 0 Å². The fourth-order valence-corrected chi connectivity index (χ4v) is 2.89. The van der Waals surface area contributed by atoms with E-state index in [1.165, 1.54) is 0 Å². The van der Waals surface area contributed by atoms with Crippen molar-refractivity contribution in [1.29, 1.82) is 0 Å². The lowest BCUT2D eigenvalue weighted by molar-refractivity contribution is -0.132. The highest BCUT2D eigenvalue weighted by atomic mass is 35.5. The van der Waals surface area contributed by atoms with Crippen LogP contribution >= 0.6 is 11.6 Å². The molecule has 21 heavy (non-hydrogen) atoms. The van der Waals surface area contributed by atoms with Gasteiger partial charge < -0.3 is 10.2 Å². The van der Waals surface area contributed by atoms with E-state index in [0.717, 1.165) is 43.2 Å². The van der Waals surface area contributed by atoms with Gasteiger partial charge in [0.05, 0.1) is 6.54 Å². The second kappa shape index (κ2) is 7.78. The minimum absolute atomic E-state index is 0.118. The Labute approximate surface area is 132 Å². The summed E-state index contributed by atoms with van der Waals surface area (Å²) >= 11 is 6.24. The maximum atomic E-state index is 12.4. The van der Waals surface area contributed by atoms with E-state index in [1.54, 1.807) is 0 Å². The molecule has 116 valence electrons. The van der Waals surface area contributed by atoms with Crippen LogP contribution in [0.1, 0.15) is 24.9 Å². The highest BCUT2D eigenvalue weighted by Gasteiger charge is 2.21. The molecule has 1 aromatic carbocycles. The zero-order chi connectivity index (χ0) is 15.2. The molecule has 1 saturated heterocycles. The molecule has 1 aliphatic heterocycles. The van der Waals surface area contributed by atoms with Crippen molar-refractivity contribution in [3.05, 3.63) is 34.9 Å². The third-order valence-corrected chi connectivity index (χ3v) is 4.44. The Morgan fingerprint density at radius 3 is 2.90 bits per heavy atom. The lowest BCUT2D eigenvalue weighted by Crippen LogP contribution is -2.41. The van der Waals surface area contributed by atoms with Gasteiger partial charge in [0.25, 0.3) is 0 Å². The van der Waals surface area contributed by atoms with Crippen LogP contribution in [0.25, 0.3) is 0 Å². The third-order valence-electron chi connectivity index (χ3n) is 4.09. The fourth-order valence-electron chi connectivity index (χ4n) is 2.60. The smallest absolute Gasteiger partial charge is 0.236 e. The number of carbonyl (C=O) groups excluding carboxylic acids is 1. The molecule has 0 saturated carbocycles. The van der Waals surface area contributed by atoms with E-state index in [-0.39, 0.29) is 11.9 Å². The lowest BCUT2D eigenvalue weighted by atomic mass is 10.1. The molecule has 0 aliphatic carbocycles. The molecular formula is C16H24ClN3O. The summed E-state index contributed by atoms with van der Waals surface area (Å²) in [6.45, 7) is 6.03. The lowest BCUT2D eigenvalue weighted by Gasteiger charge is -2.28. The van der Waals surface area contributed by atoms with Gasteiger partial charge in [-0.1, -0.05) is 29.8 Å². The molecule has 0 radical (unpaired) electrons. The van der Waals surface area contributed by atoms with Crippen LogP contribution in [0.2, 0.25) is 5.02 Å². The van der Waals surface area contributed by atoms with Crippen LogP contribution in [0, 0.1) is 0 Å². The van der Waals surface area contributed by atoms with Crippen molar-refractivity contribution in [3.63, 3.8) is 0 Å². The molecule has 0 spiro atoms. The van der Waals surface area contributed by atoms with Crippen LogP contribution in [-0.2, 0) is 4.79 Å². The second-order valence-electron chi connectivity index (χ2n) is 5.60. The summed E-state index contributed by atoms with van der Waals surface area (Å²) in [7, 11) is 1.97. The standard InChI is InChI=1S/C16H24ClN3O/c1-13(14-6-3-4-7-15(14)17)19(2)12-16(21)20-10-5-8-18-9-11-20/h3-4,6-7,13,18H,5,8-12H2,1-2H3. The molecule has 4 nitrogen and oxygen atoms in total. The summed E-state index contributed by atoms with van der Waals surface area (Å²) in [5.41, 5.74) is 1.06. The van der Waals surface area contributed by atoms with Crippen LogP contribution in [0.5, 0.6) is 0 Å². The van der Waals surface area contributed by atoms with E-state index in [0.29, 0.717) is 6.54 Å². The number of carbonyl (C=O) groups is 1. The maximum Gasteiger partial charge on any atom is 0.236 e. The quantitative estimate of drug-likeness (QED) is 0.926. The van der Waals surface area contributed by atoms with Gasteiger partial charge in [0.15, 0.2) is 0 Å². The molecule has 1 heterocycles. The molecular weight excluding hydrogens is 286 g/mol. The van der Waals surface area contributed by atoms with Gasteiger partial charge in [-0.2, -0.15) is 0 Å². The summed E-state index contributed by atoms with van der Waals surface area (Å²) < 4.78 is 0. The predicted octanol–water partition coefficient (Wildman–Crippen LogP) is 2.15. The zero-order valence-corrected chi connectivity index (χ0v) is 13.6. The number of rotatable bonds is 4. The van der Waals surface area contributed by atoms with Crippen molar-refractivity contribution in [2.45, 2.75) is 19.4 Å². The highest BCUT2D eigenvalue weighted by molar-refractivity contribution is 6.31. The van der Waals surface area contributed by atoms with Gasteiger partial charge in [-0.25, -0.2) is 0 Å². The maximum absolute atomic E-state index is 12.4. The van der Waals surface area contributed by atoms with Gasteiger partial charge in [-0.05, 0) is 38.6 Å². The number of benzene rings is 1. The van der Waals surface area contributed by atoms with Crippen molar-refractivity contribution in [3.8, 4) is 0 Å². The van der Waals surface area contributed by atoms with Gasteiger partial charge in [0, 0.05) is 30.7 Å². The van der Waals surface area contributed by atoms with Crippen LogP contribution in [-0.4, -0.2) is 55.5 Å². The van der Waals surface area contributed by atoms with E-state index in [1.807, 2.05) is 36.2 Å². The van der Waals surface area contributed by atoms with E-state index >= 15 is 0 Å². The van der Waals surface area contributed by atoms with E-state index in [4.69, 9.17) is 11.6 Å². The minimum Gasteiger partial charge on any atom is -0.340 e. The zero-order valence-electron chi connectivity index (χ0n) is 12.8. The Kier molecular flexibility index (Phi) is 6.03. The van der Waals surface area contributed by atoms with Crippen molar-refractivity contribution >= 4 is 17.5 Å². The van der Waals surface area contributed by atoms with E-state index < -0.39 is 0 Å². The molecule has 0 bridgehead atoms. The Morgan fingerprint density at radius 2 is 2.14 bits per heavy atom.